The first-order valence-electron chi connectivity index (χ1n) is 6.82. The lowest BCUT2D eigenvalue weighted by atomic mass is 10.0. The molecule has 4 nitrogen and oxygen atoms in total. The first-order chi connectivity index (χ1) is 9.79. The van der Waals surface area contributed by atoms with Gasteiger partial charge in [0.15, 0.2) is 5.75 Å². The molecule has 0 bridgehead atoms. The number of fused-ring (bicyclic) bond motifs is 1. The third-order valence-electron chi connectivity index (χ3n) is 3.41. The largest absolute Gasteiger partial charge is 0.434 e. The van der Waals surface area contributed by atoms with Crippen LogP contribution in [0.15, 0.2) is 24.5 Å². The van der Waals surface area contributed by atoms with Crippen LogP contribution < -0.4 is 10.1 Å². The Labute approximate surface area is 117 Å². The Morgan fingerprint density at radius 1 is 1.35 bits per heavy atom. The molecule has 1 aliphatic rings. The molecule has 104 valence electrons. The van der Waals surface area contributed by atoms with E-state index < -0.39 is 5.82 Å². The van der Waals surface area contributed by atoms with Gasteiger partial charge in [0.25, 0.3) is 5.88 Å². The van der Waals surface area contributed by atoms with E-state index in [0.717, 1.165) is 25.1 Å². The van der Waals surface area contributed by atoms with Crippen molar-refractivity contribution in [1.29, 1.82) is 0 Å². The minimum Gasteiger partial charge on any atom is -0.434 e. The number of anilines is 1. The van der Waals surface area contributed by atoms with Crippen molar-refractivity contribution in [2.75, 3.05) is 11.9 Å². The zero-order chi connectivity index (χ0) is 13.9. The van der Waals surface area contributed by atoms with E-state index in [1.807, 2.05) is 19.1 Å². The van der Waals surface area contributed by atoms with Gasteiger partial charge in [0.05, 0.1) is 11.4 Å². The van der Waals surface area contributed by atoms with Crippen LogP contribution in [0.3, 0.4) is 0 Å². The zero-order valence-electron chi connectivity index (χ0n) is 11.3. The molecule has 20 heavy (non-hydrogen) atoms. The molecule has 0 saturated carbocycles. The number of hydrogen-bond acceptors (Lipinski definition) is 4. The van der Waals surface area contributed by atoms with Crippen LogP contribution in [0.2, 0.25) is 0 Å². The number of benzene rings is 1. The highest BCUT2D eigenvalue weighted by Crippen LogP contribution is 2.35. The number of aromatic nitrogens is 2. The summed E-state index contributed by atoms with van der Waals surface area (Å²) in [4.78, 5) is 7.80. The number of aryl methyl sites for hydroxylation is 2. The summed E-state index contributed by atoms with van der Waals surface area (Å²) in [7, 11) is 0. The topological polar surface area (TPSA) is 47.0 Å². The molecule has 1 aliphatic heterocycles. The molecule has 2 aromatic rings. The summed E-state index contributed by atoms with van der Waals surface area (Å²) in [6.45, 7) is 2.75. The van der Waals surface area contributed by atoms with Gasteiger partial charge in [-0.3, -0.25) is 0 Å². The Kier molecular flexibility index (Phi) is 3.50. The fourth-order valence-electron chi connectivity index (χ4n) is 2.37. The lowest BCUT2D eigenvalue weighted by Crippen LogP contribution is -2.12. The van der Waals surface area contributed by atoms with Crippen LogP contribution in [0.25, 0.3) is 0 Å². The van der Waals surface area contributed by atoms with Crippen molar-refractivity contribution < 1.29 is 9.13 Å². The molecule has 0 atom stereocenters. The highest BCUT2D eigenvalue weighted by atomic mass is 19.1. The van der Waals surface area contributed by atoms with E-state index in [1.165, 1.54) is 11.9 Å². The van der Waals surface area contributed by atoms with Crippen molar-refractivity contribution in [2.45, 2.75) is 26.2 Å². The van der Waals surface area contributed by atoms with Gasteiger partial charge in [0, 0.05) is 6.54 Å². The van der Waals surface area contributed by atoms with Crippen molar-refractivity contribution >= 4 is 5.69 Å². The molecule has 0 unspecified atom stereocenters. The highest BCUT2D eigenvalue weighted by Gasteiger charge is 2.17. The minimum atomic E-state index is -0.483. The normalized spacial score (nSPS) is 13.5. The highest BCUT2D eigenvalue weighted by molar-refractivity contribution is 5.64. The number of ether oxygens (including phenoxy) is 1. The fraction of sp³-hybridized carbons (Fsp3) is 0.333. The van der Waals surface area contributed by atoms with Gasteiger partial charge in [-0.15, -0.1) is 0 Å². The fourth-order valence-corrected chi connectivity index (χ4v) is 2.37. The Hall–Kier alpha value is -2.17. The summed E-state index contributed by atoms with van der Waals surface area (Å²) >= 11 is 0. The first-order valence-corrected chi connectivity index (χ1v) is 6.82. The second-order valence-electron chi connectivity index (χ2n) is 4.72. The molecule has 0 saturated heterocycles. The van der Waals surface area contributed by atoms with E-state index in [2.05, 4.69) is 21.4 Å². The van der Waals surface area contributed by atoms with Crippen LogP contribution in [-0.4, -0.2) is 16.5 Å². The van der Waals surface area contributed by atoms with E-state index in [1.54, 1.807) is 0 Å². The van der Waals surface area contributed by atoms with Gasteiger partial charge in [-0.2, -0.15) is 9.37 Å². The van der Waals surface area contributed by atoms with Crippen LogP contribution in [0.1, 0.15) is 24.6 Å². The molecular weight excluding hydrogens is 257 g/mol. The maximum Gasteiger partial charge on any atom is 0.259 e. The molecule has 0 fully saturated rings. The summed E-state index contributed by atoms with van der Waals surface area (Å²) in [6.07, 6.45) is 3.94. The maximum absolute atomic E-state index is 14.1. The average molecular weight is 273 g/mol. The second-order valence-corrected chi connectivity index (χ2v) is 4.72. The number of hydrogen-bond donors (Lipinski definition) is 1. The number of nitrogens with zero attached hydrogens (tertiary/aromatic N) is 2. The predicted octanol–water partition coefficient (Wildman–Crippen LogP) is 3.33. The van der Waals surface area contributed by atoms with Crippen molar-refractivity contribution in [1.82, 2.24) is 9.97 Å². The van der Waals surface area contributed by atoms with Gasteiger partial charge in [-0.05, 0) is 30.9 Å². The molecular formula is C15H16FN3O. The lowest BCUT2D eigenvalue weighted by molar-refractivity contribution is 0.415. The van der Waals surface area contributed by atoms with E-state index in [0.29, 0.717) is 17.9 Å². The quantitative estimate of drug-likeness (QED) is 0.931. The predicted molar refractivity (Wildman–Crippen MR) is 74.7 cm³/mol. The van der Waals surface area contributed by atoms with Gasteiger partial charge < -0.3 is 10.1 Å². The summed E-state index contributed by atoms with van der Waals surface area (Å²) < 4.78 is 19.8. The van der Waals surface area contributed by atoms with Crippen LogP contribution >= 0.6 is 0 Å². The van der Waals surface area contributed by atoms with Gasteiger partial charge in [0.1, 0.15) is 6.33 Å². The number of para-hydroxylation sites is 1. The van der Waals surface area contributed by atoms with Crippen LogP contribution in [-0.2, 0) is 12.8 Å². The van der Waals surface area contributed by atoms with Gasteiger partial charge in [-0.25, -0.2) is 4.98 Å². The van der Waals surface area contributed by atoms with Gasteiger partial charge in [0.2, 0.25) is 5.82 Å². The third-order valence-corrected chi connectivity index (χ3v) is 3.41. The lowest BCUT2D eigenvalue weighted by Gasteiger charge is -2.20. The molecule has 0 amide bonds. The van der Waals surface area contributed by atoms with E-state index in [-0.39, 0.29) is 5.88 Å². The van der Waals surface area contributed by atoms with E-state index >= 15 is 0 Å². The maximum atomic E-state index is 14.1. The Bertz CT molecular complexity index is 631. The SMILES string of the molecule is CCc1ncnc(Oc2cccc3c2NCCC3)c1F. The van der Waals surface area contributed by atoms with Crippen LogP contribution in [0, 0.1) is 5.82 Å². The Balaban J connectivity index is 1.96. The second kappa shape index (κ2) is 5.45. The minimum absolute atomic E-state index is 0.0161. The summed E-state index contributed by atoms with van der Waals surface area (Å²) in [5, 5.41) is 3.31. The van der Waals surface area contributed by atoms with Crippen LogP contribution in [0.4, 0.5) is 10.1 Å². The molecule has 3 rings (SSSR count). The summed E-state index contributed by atoms with van der Waals surface area (Å²) in [5.41, 5.74) is 2.50. The van der Waals surface area contributed by atoms with Crippen LogP contribution in [0.5, 0.6) is 11.6 Å². The Morgan fingerprint density at radius 2 is 2.25 bits per heavy atom. The van der Waals surface area contributed by atoms with E-state index in [9.17, 15) is 4.39 Å². The van der Waals surface area contributed by atoms with Crippen molar-refractivity contribution in [2.24, 2.45) is 0 Å². The molecule has 1 aromatic heterocycles. The smallest absolute Gasteiger partial charge is 0.259 e. The molecule has 0 spiro atoms. The van der Waals surface area contributed by atoms with E-state index in [4.69, 9.17) is 4.74 Å². The molecule has 0 aliphatic carbocycles. The van der Waals surface area contributed by atoms with Gasteiger partial charge >= 0.3 is 0 Å². The molecule has 1 N–H and O–H groups in total. The number of halogens is 1. The van der Waals surface area contributed by atoms with Crippen molar-refractivity contribution in [3.63, 3.8) is 0 Å². The standard InChI is InChI=1S/C15H16FN3O/c1-2-11-13(16)15(19-9-18-11)20-12-7-3-5-10-6-4-8-17-14(10)12/h3,5,7,9,17H,2,4,6,8H2,1H3. The third kappa shape index (κ3) is 2.31. The first kappa shape index (κ1) is 12.8. The summed E-state index contributed by atoms with van der Waals surface area (Å²) in [5.74, 6) is 0.114. The molecule has 2 heterocycles. The number of rotatable bonds is 3. The number of nitrogens with one attached hydrogen (secondary N) is 1. The molecule has 1 aromatic carbocycles. The summed E-state index contributed by atoms with van der Waals surface area (Å²) in [6, 6.07) is 5.80. The zero-order valence-corrected chi connectivity index (χ0v) is 11.3. The average Bonchev–Trinajstić information content (AvgIpc) is 2.50. The molecule has 0 radical (unpaired) electrons. The van der Waals surface area contributed by atoms with Crippen molar-refractivity contribution in [3.8, 4) is 11.6 Å². The monoisotopic (exact) mass is 273 g/mol. The van der Waals surface area contributed by atoms with Crippen molar-refractivity contribution in [3.05, 3.63) is 41.6 Å². The molecule has 5 heteroatoms. The Morgan fingerprint density at radius 3 is 3.10 bits per heavy atom. The van der Waals surface area contributed by atoms with Gasteiger partial charge in [-0.1, -0.05) is 19.1 Å².